The second-order valence-electron chi connectivity index (χ2n) is 14.6. The Hall–Kier alpha value is -1.09. The molecule has 3 nitrogen and oxygen atoms in total. The maximum atomic E-state index is 12.7. The van der Waals surface area contributed by atoms with Crippen LogP contribution in [0.15, 0.2) is 23.3 Å². The summed E-state index contributed by atoms with van der Waals surface area (Å²) in [5.74, 6) is 0.150. The van der Waals surface area contributed by atoms with Crippen LogP contribution in [0.2, 0.25) is 0 Å². The van der Waals surface area contributed by atoms with E-state index < -0.39 is 11.4 Å². The van der Waals surface area contributed by atoms with E-state index in [1.54, 1.807) is 0 Å². The summed E-state index contributed by atoms with van der Waals surface area (Å²) in [7, 11) is 0. The zero-order valence-corrected chi connectivity index (χ0v) is 22.1. The van der Waals surface area contributed by atoms with Crippen LogP contribution in [0.3, 0.4) is 0 Å². The van der Waals surface area contributed by atoms with Gasteiger partial charge in [0.15, 0.2) is 0 Å². The number of fused-ring (bicyclic) bond motifs is 7. The van der Waals surface area contributed by atoms with E-state index >= 15 is 0 Å². The van der Waals surface area contributed by atoms with E-state index in [1.807, 2.05) is 0 Å². The van der Waals surface area contributed by atoms with E-state index in [4.69, 9.17) is 0 Å². The lowest BCUT2D eigenvalue weighted by Crippen LogP contribution is -2.62. The van der Waals surface area contributed by atoms with E-state index in [-0.39, 0.29) is 39.1 Å². The number of hydrogen-bond donors (Lipinski definition) is 2. The molecular weight excluding hydrogens is 408 g/mol. The number of carboxylic acids is 1. The molecule has 0 saturated heterocycles. The molecule has 7 atom stereocenters. The highest BCUT2D eigenvalue weighted by molar-refractivity contribution is 5.76. The van der Waals surface area contributed by atoms with E-state index in [0.717, 1.165) is 57.8 Å². The first-order valence-electron chi connectivity index (χ1n) is 13.5. The van der Waals surface area contributed by atoms with Crippen molar-refractivity contribution in [3.8, 4) is 0 Å². The summed E-state index contributed by atoms with van der Waals surface area (Å²) in [4.78, 5) is 12.7. The van der Waals surface area contributed by atoms with E-state index in [2.05, 4.69) is 60.6 Å². The quantitative estimate of drug-likeness (QED) is 0.413. The zero-order chi connectivity index (χ0) is 24.2. The Balaban J connectivity index is 1.62. The molecule has 3 heteroatoms. The van der Waals surface area contributed by atoms with Crippen LogP contribution in [-0.4, -0.2) is 22.3 Å². The summed E-state index contributed by atoms with van der Waals surface area (Å²) in [6.45, 7) is 16.6. The first kappa shape index (κ1) is 23.6. The molecule has 0 spiro atoms. The second-order valence-corrected chi connectivity index (χ2v) is 14.6. The highest BCUT2D eigenvalue weighted by Crippen LogP contribution is 2.74. The lowest BCUT2D eigenvalue weighted by molar-refractivity contribution is -0.167. The molecule has 2 N–H and O–H groups in total. The van der Waals surface area contributed by atoms with Gasteiger partial charge in [-0.3, -0.25) is 4.79 Å². The average Bonchev–Trinajstić information content (AvgIpc) is 2.71. The van der Waals surface area contributed by atoms with Crippen LogP contribution in [0.25, 0.3) is 0 Å². The SMILES string of the molecule is CC1(C)CC[C@]2(C(=O)O)CC[C@]3(C)C(=CC[C@@H]4[C@@]5(C)CC[C@H](O)C(C)(C)C5=CC[C@]43C)[C@@H]2C1. The summed E-state index contributed by atoms with van der Waals surface area (Å²) >= 11 is 0. The summed E-state index contributed by atoms with van der Waals surface area (Å²) in [5.41, 5.74) is 2.70. The predicted octanol–water partition coefficient (Wildman–Crippen LogP) is 7.15. The van der Waals surface area contributed by atoms with Gasteiger partial charge in [-0.15, -0.1) is 0 Å². The number of carbonyl (C=O) groups is 1. The molecule has 5 aliphatic rings. The minimum absolute atomic E-state index is 0.0399. The maximum Gasteiger partial charge on any atom is 0.310 e. The van der Waals surface area contributed by atoms with Gasteiger partial charge in [0.25, 0.3) is 0 Å². The molecule has 0 aromatic carbocycles. The summed E-state index contributed by atoms with van der Waals surface area (Å²) in [6.07, 6.45) is 13.4. The number of aliphatic hydroxyl groups excluding tert-OH is 1. The maximum absolute atomic E-state index is 12.7. The number of allylic oxidation sites excluding steroid dienone is 3. The van der Waals surface area contributed by atoms with Crippen LogP contribution in [0.1, 0.15) is 106 Å². The fourth-order valence-electron chi connectivity index (χ4n) is 9.88. The predicted molar refractivity (Wildman–Crippen MR) is 133 cm³/mol. The summed E-state index contributed by atoms with van der Waals surface area (Å²) in [6, 6.07) is 0. The first-order valence-corrected chi connectivity index (χ1v) is 13.5. The fraction of sp³-hybridized carbons (Fsp3) is 0.833. The largest absolute Gasteiger partial charge is 0.481 e. The van der Waals surface area contributed by atoms with Crippen molar-refractivity contribution in [1.29, 1.82) is 0 Å². The van der Waals surface area contributed by atoms with Gasteiger partial charge in [0.1, 0.15) is 0 Å². The van der Waals surface area contributed by atoms with Crippen LogP contribution in [0, 0.1) is 44.3 Å². The van der Waals surface area contributed by atoms with Crippen LogP contribution in [-0.2, 0) is 4.79 Å². The van der Waals surface area contributed by atoms with Crippen LogP contribution in [0.4, 0.5) is 0 Å². The molecule has 33 heavy (non-hydrogen) atoms. The lowest BCUT2D eigenvalue weighted by atomic mass is 9.35. The fourth-order valence-corrected chi connectivity index (χ4v) is 9.88. The Morgan fingerprint density at radius 1 is 0.939 bits per heavy atom. The molecule has 0 bridgehead atoms. The molecule has 0 radical (unpaired) electrons. The number of hydrogen-bond acceptors (Lipinski definition) is 2. The van der Waals surface area contributed by atoms with Crippen molar-refractivity contribution in [3.63, 3.8) is 0 Å². The molecule has 3 saturated carbocycles. The molecule has 0 aromatic rings. The van der Waals surface area contributed by atoms with Crippen LogP contribution in [0.5, 0.6) is 0 Å². The van der Waals surface area contributed by atoms with Gasteiger partial charge in [-0.05, 0) is 91.3 Å². The first-order chi connectivity index (χ1) is 15.1. The molecule has 0 aliphatic heterocycles. The highest BCUT2D eigenvalue weighted by Gasteiger charge is 2.67. The van der Waals surface area contributed by atoms with Gasteiger partial charge < -0.3 is 10.2 Å². The molecule has 0 amide bonds. The number of aliphatic hydroxyl groups is 1. The minimum atomic E-state index is -0.569. The Morgan fingerprint density at radius 3 is 2.27 bits per heavy atom. The van der Waals surface area contributed by atoms with Crippen LogP contribution >= 0.6 is 0 Å². The van der Waals surface area contributed by atoms with Gasteiger partial charge in [0.2, 0.25) is 0 Å². The summed E-state index contributed by atoms with van der Waals surface area (Å²) in [5, 5.41) is 21.3. The highest BCUT2D eigenvalue weighted by atomic mass is 16.4. The van der Waals surface area contributed by atoms with Crippen molar-refractivity contribution in [3.05, 3.63) is 23.3 Å². The topological polar surface area (TPSA) is 57.5 Å². The standard InChI is InChI=1S/C30H46O3/c1-25(2)14-16-30(24(32)33)17-15-28(6)19(20(30)18-25)8-9-22-27(5)12-11-23(31)26(3,4)21(27)10-13-29(22,28)7/h8,10,20,22-23,31H,9,11-18H2,1-7H3,(H,32,33)/t20-,22+,23-,27-,28+,29+,30-/m0/s1. The molecule has 0 aromatic heterocycles. The normalized spacial score (nSPS) is 50.0. The molecule has 0 unspecified atom stereocenters. The van der Waals surface area contributed by atoms with Gasteiger partial charge in [-0.2, -0.15) is 0 Å². The number of carboxylic acid groups (broad SMARTS) is 1. The third-order valence-electron chi connectivity index (χ3n) is 12.4. The third kappa shape index (κ3) is 2.81. The van der Waals surface area contributed by atoms with Crippen molar-refractivity contribution in [2.45, 2.75) is 112 Å². The van der Waals surface area contributed by atoms with E-state index in [0.29, 0.717) is 5.92 Å². The molecule has 184 valence electrons. The average molecular weight is 455 g/mol. The van der Waals surface area contributed by atoms with Crippen LogP contribution < -0.4 is 0 Å². The molecule has 5 aliphatic carbocycles. The molecule has 3 fully saturated rings. The molecule has 0 heterocycles. The Bertz CT molecular complexity index is 940. The Labute approximate surface area is 201 Å². The third-order valence-corrected chi connectivity index (χ3v) is 12.4. The van der Waals surface area contributed by atoms with E-state index in [1.165, 1.54) is 11.1 Å². The van der Waals surface area contributed by atoms with Crippen molar-refractivity contribution >= 4 is 5.97 Å². The van der Waals surface area contributed by atoms with Gasteiger partial charge >= 0.3 is 5.97 Å². The van der Waals surface area contributed by atoms with Gasteiger partial charge in [-0.1, -0.05) is 71.8 Å². The Morgan fingerprint density at radius 2 is 1.61 bits per heavy atom. The number of aliphatic carboxylic acids is 1. The zero-order valence-electron chi connectivity index (χ0n) is 22.1. The van der Waals surface area contributed by atoms with E-state index in [9.17, 15) is 15.0 Å². The molecular formula is C30H46O3. The second kappa shape index (κ2) is 6.77. The summed E-state index contributed by atoms with van der Waals surface area (Å²) < 4.78 is 0. The minimum Gasteiger partial charge on any atom is -0.481 e. The van der Waals surface area contributed by atoms with Crippen molar-refractivity contribution < 1.29 is 15.0 Å². The number of rotatable bonds is 1. The lowest BCUT2D eigenvalue weighted by Gasteiger charge is -2.68. The van der Waals surface area contributed by atoms with Crippen molar-refractivity contribution in [2.24, 2.45) is 44.3 Å². The Kier molecular flexibility index (Phi) is 4.85. The van der Waals surface area contributed by atoms with Crippen molar-refractivity contribution in [1.82, 2.24) is 0 Å². The van der Waals surface area contributed by atoms with Gasteiger partial charge in [0, 0.05) is 5.41 Å². The van der Waals surface area contributed by atoms with Gasteiger partial charge in [0.05, 0.1) is 11.5 Å². The monoisotopic (exact) mass is 454 g/mol. The smallest absolute Gasteiger partial charge is 0.310 e. The van der Waals surface area contributed by atoms with Crippen molar-refractivity contribution in [2.75, 3.05) is 0 Å². The molecule has 5 rings (SSSR count). The van der Waals surface area contributed by atoms with Gasteiger partial charge in [-0.25, -0.2) is 0 Å².